The van der Waals surface area contributed by atoms with Gasteiger partial charge >= 0.3 is 0 Å². The second-order valence-corrected chi connectivity index (χ2v) is 12.7. The van der Waals surface area contributed by atoms with Crippen molar-refractivity contribution in [3.63, 3.8) is 0 Å². The Labute approximate surface area is 254 Å². The van der Waals surface area contributed by atoms with E-state index in [4.69, 9.17) is 10.5 Å². The lowest BCUT2D eigenvalue weighted by molar-refractivity contribution is -0.118. The van der Waals surface area contributed by atoms with Crippen LogP contribution in [0.5, 0.6) is 11.6 Å². The lowest BCUT2D eigenvalue weighted by Crippen LogP contribution is -2.62. The van der Waals surface area contributed by atoms with Gasteiger partial charge in [0.2, 0.25) is 5.91 Å². The molecule has 1 spiro atoms. The molecule has 0 saturated carbocycles. The molecule has 2 aromatic rings. The third-order valence-corrected chi connectivity index (χ3v) is 8.77. The molecule has 1 aromatic carbocycles. The summed E-state index contributed by atoms with van der Waals surface area (Å²) < 4.78 is 20.4. The third kappa shape index (κ3) is 7.77. The SMILES string of the molecule is CCN(C(=O)c1cc(F)ccc1Oc1nncnc1N1CCC2(C1)CN([C@H](CCN(C)CCC(N)=O)C(C)C)C2)C(C)C. The van der Waals surface area contributed by atoms with Crippen molar-refractivity contribution in [2.45, 2.75) is 66.0 Å². The quantitative estimate of drug-likeness (QED) is 0.349. The molecule has 1 aromatic heterocycles. The summed E-state index contributed by atoms with van der Waals surface area (Å²) >= 11 is 0. The summed E-state index contributed by atoms with van der Waals surface area (Å²) in [6, 6.07) is 4.35. The normalized spacial score (nSPS) is 17.1. The van der Waals surface area contributed by atoms with Crippen molar-refractivity contribution < 1.29 is 18.7 Å². The first-order chi connectivity index (χ1) is 20.4. The number of likely N-dealkylation sites (tertiary alicyclic amines) is 1. The first kappa shape index (κ1) is 32.5. The van der Waals surface area contributed by atoms with Gasteiger partial charge in [-0.05, 0) is 71.3 Å². The largest absolute Gasteiger partial charge is 0.434 e. The minimum Gasteiger partial charge on any atom is -0.434 e. The number of hydrogen-bond acceptors (Lipinski definition) is 9. The number of halogens is 1. The van der Waals surface area contributed by atoms with Crippen LogP contribution in [0.25, 0.3) is 0 Å². The van der Waals surface area contributed by atoms with Gasteiger partial charge in [-0.3, -0.25) is 14.5 Å². The van der Waals surface area contributed by atoms with Gasteiger partial charge in [-0.1, -0.05) is 13.8 Å². The molecule has 0 bridgehead atoms. The summed E-state index contributed by atoms with van der Waals surface area (Å²) in [5.41, 5.74) is 5.61. The highest BCUT2D eigenvalue weighted by molar-refractivity contribution is 5.97. The van der Waals surface area contributed by atoms with Gasteiger partial charge in [-0.15, -0.1) is 10.2 Å². The van der Waals surface area contributed by atoms with Gasteiger partial charge in [0.15, 0.2) is 5.82 Å². The molecule has 43 heavy (non-hydrogen) atoms. The second kappa shape index (κ2) is 13.9. The topological polar surface area (TPSA) is 121 Å². The van der Waals surface area contributed by atoms with Crippen LogP contribution in [0.4, 0.5) is 10.2 Å². The maximum atomic E-state index is 14.3. The van der Waals surface area contributed by atoms with Crippen molar-refractivity contribution >= 4 is 17.6 Å². The number of hydrogen-bond donors (Lipinski definition) is 1. The number of carbonyl (C=O) groups excluding carboxylic acids is 2. The van der Waals surface area contributed by atoms with E-state index in [0.717, 1.165) is 45.6 Å². The Balaban J connectivity index is 1.43. The third-order valence-electron chi connectivity index (χ3n) is 8.77. The van der Waals surface area contributed by atoms with Crippen molar-refractivity contribution in [2.75, 3.05) is 57.8 Å². The van der Waals surface area contributed by atoms with Gasteiger partial charge in [0.05, 0.1) is 5.56 Å². The fourth-order valence-corrected chi connectivity index (χ4v) is 6.43. The van der Waals surface area contributed by atoms with E-state index >= 15 is 0 Å². The molecule has 2 N–H and O–H groups in total. The maximum Gasteiger partial charge on any atom is 0.282 e. The molecule has 0 radical (unpaired) electrons. The lowest BCUT2D eigenvalue weighted by Gasteiger charge is -2.53. The molecule has 2 saturated heterocycles. The Morgan fingerprint density at radius 1 is 1.16 bits per heavy atom. The highest BCUT2D eigenvalue weighted by Gasteiger charge is 2.50. The molecule has 3 heterocycles. The van der Waals surface area contributed by atoms with Gasteiger partial charge in [0, 0.05) is 63.2 Å². The smallest absolute Gasteiger partial charge is 0.282 e. The van der Waals surface area contributed by atoms with Gasteiger partial charge < -0.3 is 25.2 Å². The molecule has 1 atom stereocenters. The number of rotatable bonds is 14. The summed E-state index contributed by atoms with van der Waals surface area (Å²) in [7, 11) is 2.04. The number of nitrogens with two attached hydrogens (primary N) is 1. The number of nitrogens with zero attached hydrogens (tertiary/aromatic N) is 7. The van der Waals surface area contributed by atoms with E-state index in [2.05, 4.69) is 43.7 Å². The Morgan fingerprint density at radius 2 is 1.91 bits per heavy atom. The molecule has 12 heteroatoms. The van der Waals surface area contributed by atoms with Crippen molar-refractivity contribution in [1.29, 1.82) is 0 Å². The van der Waals surface area contributed by atoms with E-state index in [-0.39, 0.29) is 40.5 Å². The fraction of sp³-hybridized carbons (Fsp3) is 0.645. The van der Waals surface area contributed by atoms with Crippen molar-refractivity contribution in [1.82, 2.24) is 29.9 Å². The Bertz CT molecular complexity index is 1270. The molecular weight excluding hydrogens is 551 g/mol. The first-order valence-electron chi connectivity index (χ1n) is 15.3. The zero-order valence-electron chi connectivity index (χ0n) is 26.4. The zero-order chi connectivity index (χ0) is 31.3. The van der Waals surface area contributed by atoms with Crippen LogP contribution in [0, 0.1) is 17.2 Å². The summed E-state index contributed by atoms with van der Waals surface area (Å²) in [4.78, 5) is 37.6. The van der Waals surface area contributed by atoms with Gasteiger partial charge in [-0.2, -0.15) is 0 Å². The zero-order valence-corrected chi connectivity index (χ0v) is 26.4. The van der Waals surface area contributed by atoms with Crippen LogP contribution in [0.15, 0.2) is 24.5 Å². The molecule has 11 nitrogen and oxygen atoms in total. The molecule has 2 aliphatic rings. The second-order valence-electron chi connectivity index (χ2n) is 12.7. The van der Waals surface area contributed by atoms with Crippen molar-refractivity contribution in [3.8, 4) is 11.6 Å². The van der Waals surface area contributed by atoms with Crippen molar-refractivity contribution in [3.05, 3.63) is 35.9 Å². The van der Waals surface area contributed by atoms with E-state index in [1.54, 1.807) is 4.90 Å². The predicted octanol–water partition coefficient (Wildman–Crippen LogP) is 3.41. The number of primary amides is 1. The first-order valence-corrected chi connectivity index (χ1v) is 15.3. The molecule has 0 unspecified atom stereocenters. The molecular formula is C31H47FN8O3. The Hall–Kier alpha value is -3.38. The van der Waals surface area contributed by atoms with Crippen LogP contribution in [0.2, 0.25) is 0 Å². The van der Waals surface area contributed by atoms with Crippen molar-refractivity contribution in [2.24, 2.45) is 17.1 Å². The lowest BCUT2D eigenvalue weighted by atomic mass is 9.76. The number of carbonyl (C=O) groups is 2. The minimum atomic E-state index is -0.513. The summed E-state index contributed by atoms with van der Waals surface area (Å²) in [6.45, 7) is 16.0. The van der Waals surface area contributed by atoms with Crippen LogP contribution in [-0.4, -0.2) is 107 Å². The number of anilines is 1. The van der Waals surface area contributed by atoms with E-state index in [1.165, 1.54) is 24.5 Å². The number of amides is 2. The minimum absolute atomic E-state index is 0.0526. The summed E-state index contributed by atoms with van der Waals surface area (Å²) in [5.74, 6) is 0.412. The maximum absolute atomic E-state index is 14.3. The van der Waals surface area contributed by atoms with Crippen LogP contribution in [-0.2, 0) is 4.79 Å². The summed E-state index contributed by atoms with van der Waals surface area (Å²) in [5, 5.41) is 8.17. The highest BCUT2D eigenvalue weighted by atomic mass is 19.1. The molecule has 2 fully saturated rings. The van der Waals surface area contributed by atoms with Crippen LogP contribution in [0.3, 0.4) is 0 Å². The molecule has 236 valence electrons. The number of benzene rings is 1. The number of ether oxygens (including phenoxy) is 1. The average molecular weight is 599 g/mol. The Kier molecular flexibility index (Phi) is 10.5. The monoisotopic (exact) mass is 598 g/mol. The van der Waals surface area contributed by atoms with E-state index < -0.39 is 5.82 Å². The standard InChI is InChI=1S/C31H47FN8O3/c1-7-40(22(4)5)30(42)24-16-23(32)8-9-26(24)43-29-28(34-20-35-36-29)38-15-12-31(17-38)18-39(19-31)25(21(2)3)10-13-37(6)14-11-27(33)41/h8-9,16,20-22,25H,7,10-15,17-19H2,1-6H3,(H2,33,41)/t25-/m1/s1. The van der Waals surface area contributed by atoms with E-state index in [0.29, 0.717) is 37.3 Å². The van der Waals surface area contributed by atoms with Crippen LogP contribution >= 0.6 is 0 Å². The predicted molar refractivity (Wildman–Crippen MR) is 164 cm³/mol. The average Bonchev–Trinajstić information content (AvgIpc) is 3.38. The molecule has 0 aliphatic carbocycles. The molecule has 2 aliphatic heterocycles. The number of aromatic nitrogens is 3. The van der Waals surface area contributed by atoms with Crippen LogP contribution < -0.4 is 15.4 Å². The fourth-order valence-electron chi connectivity index (χ4n) is 6.43. The highest BCUT2D eigenvalue weighted by Crippen LogP contribution is 2.44. The summed E-state index contributed by atoms with van der Waals surface area (Å²) in [6.07, 6.45) is 3.84. The van der Waals surface area contributed by atoms with Gasteiger partial charge in [0.1, 0.15) is 17.9 Å². The molecule has 2 amide bonds. The van der Waals surface area contributed by atoms with E-state index in [1.807, 2.05) is 27.8 Å². The Morgan fingerprint density at radius 3 is 2.56 bits per heavy atom. The van der Waals surface area contributed by atoms with Gasteiger partial charge in [0.25, 0.3) is 11.8 Å². The molecule has 4 rings (SSSR count). The van der Waals surface area contributed by atoms with Gasteiger partial charge in [-0.25, -0.2) is 9.37 Å². The van der Waals surface area contributed by atoms with Crippen LogP contribution in [0.1, 0.15) is 64.2 Å². The van der Waals surface area contributed by atoms with E-state index in [9.17, 15) is 14.0 Å².